The molecule has 0 bridgehead atoms. The Morgan fingerprint density at radius 2 is 2.44 bits per heavy atom. The molecule has 0 amide bonds. The average molecular weight is 128 g/mol. The molecule has 1 unspecified atom stereocenters. The molecule has 0 aromatic rings. The van der Waals surface area contributed by atoms with Crippen molar-refractivity contribution < 1.29 is 9.53 Å². The van der Waals surface area contributed by atoms with E-state index in [1.807, 2.05) is 6.92 Å². The molecule has 9 heavy (non-hydrogen) atoms. The summed E-state index contributed by atoms with van der Waals surface area (Å²) in [4.78, 5) is 10.7. The van der Waals surface area contributed by atoms with Crippen LogP contribution in [-0.2, 0) is 9.53 Å². The van der Waals surface area contributed by atoms with E-state index in [0.29, 0.717) is 6.61 Å². The Hall–Kier alpha value is -0.630. The molecule has 2 nitrogen and oxygen atoms in total. The third-order valence-corrected chi connectivity index (χ3v) is 1.10. The van der Waals surface area contributed by atoms with E-state index >= 15 is 0 Å². The number of hydrogen-bond acceptors (Lipinski definition) is 2. The number of hydrogen-bond donors (Lipinski definition) is 0. The lowest BCUT2D eigenvalue weighted by molar-refractivity contribution is -0.119. The predicted octanol–water partition coefficient (Wildman–Crippen LogP) is 1.02. The zero-order valence-corrected chi connectivity index (χ0v) is 5.89. The van der Waals surface area contributed by atoms with Crippen molar-refractivity contribution in [3.63, 3.8) is 0 Å². The molecule has 0 rings (SSSR count). The van der Waals surface area contributed by atoms with Crippen molar-refractivity contribution in [3.8, 4) is 0 Å². The largest absolute Gasteiger partial charge is 0.384 e. The number of methoxy groups -OCH3 is 1. The van der Waals surface area contributed by atoms with E-state index in [2.05, 4.69) is 6.58 Å². The van der Waals surface area contributed by atoms with Crippen LogP contribution in [0.25, 0.3) is 0 Å². The Kier molecular flexibility index (Phi) is 3.97. The molecule has 0 aromatic heterocycles. The lowest BCUT2D eigenvalue weighted by atomic mass is 10.1. The second kappa shape index (κ2) is 4.27. The highest BCUT2D eigenvalue weighted by atomic mass is 16.5. The minimum absolute atomic E-state index is 0.0388. The van der Waals surface area contributed by atoms with Crippen LogP contribution >= 0.6 is 0 Å². The van der Waals surface area contributed by atoms with Crippen molar-refractivity contribution in [3.05, 3.63) is 12.7 Å². The lowest BCUT2D eigenvalue weighted by Gasteiger charge is -2.03. The summed E-state index contributed by atoms with van der Waals surface area (Å²) in [5.74, 6) is -0.00986. The maximum atomic E-state index is 10.7. The molecular formula is C7H12O2. The van der Waals surface area contributed by atoms with Gasteiger partial charge in [0.15, 0.2) is 5.78 Å². The average Bonchev–Trinajstić information content (AvgIpc) is 1.87. The number of rotatable bonds is 4. The maximum Gasteiger partial charge on any atom is 0.160 e. The van der Waals surface area contributed by atoms with E-state index in [4.69, 9.17) is 4.74 Å². The summed E-state index contributed by atoms with van der Waals surface area (Å²) in [6.07, 6.45) is 1.32. The van der Waals surface area contributed by atoms with Crippen LogP contribution in [0.5, 0.6) is 0 Å². The zero-order chi connectivity index (χ0) is 7.28. The van der Waals surface area contributed by atoms with Crippen molar-refractivity contribution in [1.82, 2.24) is 0 Å². The van der Waals surface area contributed by atoms with Gasteiger partial charge in [0, 0.05) is 13.0 Å². The van der Waals surface area contributed by atoms with Gasteiger partial charge in [0.2, 0.25) is 0 Å². The van der Waals surface area contributed by atoms with E-state index in [0.717, 1.165) is 0 Å². The molecule has 0 aliphatic carbocycles. The van der Waals surface area contributed by atoms with Crippen LogP contribution in [0.2, 0.25) is 0 Å². The summed E-state index contributed by atoms with van der Waals surface area (Å²) in [5, 5.41) is 0. The normalized spacial score (nSPS) is 12.7. The van der Waals surface area contributed by atoms with Crippen molar-refractivity contribution in [2.75, 3.05) is 13.7 Å². The minimum atomic E-state index is -0.0486. The lowest BCUT2D eigenvalue weighted by Crippen LogP contribution is -2.13. The summed E-state index contributed by atoms with van der Waals surface area (Å²) >= 11 is 0. The number of ketones is 1. The fourth-order valence-electron chi connectivity index (χ4n) is 0.533. The van der Waals surface area contributed by atoms with Gasteiger partial charge in [0.1, 0.15) is 0 Å². The van der Waals surface area contributed by atoms with Crippen molar-refractivity contribution in [1.29, 1.82) is 0 Å². The molecule has 0 saturated carbocycles. The second-order valence-electron chi connectivity index (χ2n) is 1.96. The second-order valence-corrected chi connectivity index (χ2v) is 1.96. The van der Waals surface area contributed by atoms with E-state index < -0.39 is 0 Å². The van der Waals surface area contributed by atoms with Gasteiger partial charge < -0.3 is 4.74 Å². The molecule has 0 spiro atoms. The Bertz CT molecular complexity index is 107. The summed E-state index contributed by atoms with van der Waals surface area (Å²) in [6, 6.07) is 0. The quantitative estimate of drug-likeness (QED) is 0.528. The van der Waals surface area contributed by atoms with Crippen molar-refractivity contribution >= 4 is 5.78 Å². The minimum Gasteiger partial charge on any atom is -0.384 e. The van der Waals surface area contributed by atoms with Crippen molar-refractivity contribution in [2.45, 2.75) is 6.92 Å². The van der Waals surface area contributed by atoms with E-state index in [1.54, 1.807) is 7.11 Å². The van der Waals surface area contributed by atoms with Crippen LogP contribution in [0.4, 0.5) is 0 Å². The molecular weight excluding hydrogens is 116 g/mol. The zero-order valence-electron chi connectivity index (χ0n) is 5.89. The van der Waals surface area contributed by atoms with Crippen molar-refractivity contribution in [2.24, 2.45) is 5.92 Å². The molecule has 0 N–H and O–H groups in total. The summed E-state index contributed by atoms with van der Waals surface area (Å²) < 4.78 is 4.76. The van der Waals surface area contributed by atoms with Gasteiger partial charge in [-0.25, -0.2) is 0 Å². The molecule has 0 aliphatic heterocycles. The first kappa shape index (κ1) is 8.37. The van der Waals surface area contributed by atoms with Crippen LogP contribution in [0.1, 0.15) is 6.92 Å². The molecule has 0 fully saturated rings. The molecule has 0 heterocycles. The van der Waals surface area contributed by atoms with Crippen LogP contribution in [0, 0.1) is 5.92 Å². The number of carbonyl (C=O) groups is 1. The van der Waals surface area contributed by atoms with Gasteiger partial charge in [-0.2, -0.15) is 0 Å². The van der Waals surface area contributed by atoms with Crippen LogP contribution < -0.4 is 0 Å². The van der Waals surface area contributed by atoms with Crippen LogP contribution in [0.15, 0.2) is 12.7 Å². The maximum absolute atomic E-state index is 10.7. The molecule has 2 heteroatoms. The first-order valence-corrected chi connectivity index (χ1v) is 2.87. The topological polar surface area (TPSA) is 26.3 Å². The molecule has 1 atom stereocenters. The Morgan fingerprint density at radius 3 is 2.78 bits per heavy atom. The highest BCUT2D eigenvalue weighted by Crippen LogP contribution is 1.96. The van der Waals surface area contributed by atoms with Crippen LogP contribution in [0.3, 0.4) is 0 Å². The number of carbonyl (C=O) groups excluding carboxylic acids is 1. The molecule has 0 aliphatic rings. The van der Waals surface area contributed by atoms with Gasteiger partial charge in [0.25, 0.3) is 0 Å². The number of ether oxygens (including phenoxy) is 1. The van der Waals surface area contributed by atoms with Gasteiger partial charge in [-0.05, 0) is 6.08 Å². The third-order valence-electron chi connectivity index (χ3n) is 1.10. The molecule has 52 valence electrons. The molecule has 0 aromatic carbocycles. The predicted molar refractivity (Wildman–Crippen MR) is 36.2 cm³/mol. The Labute approximate surface area is 55.5 Å². The van der Waals surface area contributed by atoms with E-state index in [-0.39, 0.29) is 11.7 Å². The van der Waals surface area contributed by atoms with Crippen LogP contribution in [-0.4, -0.2) is 19.5 Å². The van der Waals surface area contributed by atoms with Gasteiger partial charge in [0.05, 0.1) is 6.61 Å². The number of allylic oxidation sites excluding steroid dienone is 1. The highest BCUT2D eigenvalue weighted by molar-refractivity contribution is 5.90. The van der Waals surface area contributed by atoms with Gasteiger partial charge in [-0.1, -0.05) is 13.5 Å². The first-order chi connectivity index (χ1) is 4.22. The standard InChI is InChI=1S/C7H12O2/c1-4-7(8)6(2)5-9-3/h4,6H,1,5H2,2-3H3. The SMILES string of the molecule is C=CC(=O)C(C)COC. The fourth-order valence-corrected chi connectivity index (χ4v) is 0.533. The highest BCUT2D eigenvalue weighted by Gasteiger charge is 2.06. The Balaban J connectivity index is 3.58. The first-order valence-electron chi connectivity index (χ1n) is 2.87. The van der Waals surface area contributed by atoms with Gasteiger partial charge >= 0.3 is 0 Å². The van der Waals surface area contributed by atoms with E-state index in [9.17, 15) is 4.79 Å². The van der Waals surface area contributed by atoms with Gasteiger partial charge in [-0.3, -0.25) is 4.79 Å². The summed E-state index contributed by atoms with van der Waals surface area (Å²) in [7, 11) is 1.58. The smallest absolute Gasteiger partial charge is 0.160 e. The summed E-state index contributed by atoms with van der Waals surface area (Å²) in [5.41, 5.74) is 0. The van der Waals surface area contributed by atoms with E-state index in [1.165, 1.54) is 6.08 Å². The molecule has 0 radical (unpaired) electrons. The summed E-state index contributed by atoms with van der Waals surface area (Å²) in [6.45, 7) is 5.65. The fraction of sp³-hybridized carbons (Fsp3) is 0.571. The Morgan fingerprint density at radius 1 is 1.89 bits per heavy atom. The van der Waals surface area contributed by atoms with Gasteiger partial charge in [-0.15, -0.1) is 0 Å². The third kappa shape index (κ3) is 3.03. The monoisotopic (exact) mass is 128 g/mol. The molecule has 0 saturated heterocycles.